The van der Waals surface area contributed by atoms with Gasteiger partial charge in [0.2, 0.25) is 0 Å². The van der Waals surface area contributed by atoms with Crippen molar-refractivity contribution in [1.82, 2.24) is 15.0 Å². The van der Waals surface area contributed by atoms with Crippen molar-refractivity contribution in [3.8, 4) is 11.3 Å². The summed E-state index contributed by atoms with van der Waals surface area (Å²) in [6.07, 6.45) is 3.27. The minimum absolute atomic E-state index is 0.180. The third-order valence-electron chi connectivity index (χ3n) is 3.77. The van der Waals surface area contributed by atoms with Gasteiger partial charge in [0.15, 0.2) is 0 Å². The zero-order valence-electron chi connectivity index (χ0n) is 12.7. The topological polar surface area (TPSA) is 70.7 Å². The number of H-pyrrole nitrogens is 1. The SMILES string of the molecule is O=C(Nc1ccc(-c2ccccc2)nc1)c1ccc2nc[nH]c2c1. The van der Waals surface area contributed by atoms with E-state index in [0.717, 1.165) is 22.3 Å². The summed E-state index contributed by atoms with van der Waals surface area (Å²) in [5.74, 6) is -0.180. The first-order valence-electron chi connectivity index (χ1n) is 7.55. The number of pyridine rings is 1. The number of nitrogens with zero attached hydrogens (tertiary/aromatic N) is 2. The van der Waals surface area contributed by atoms with Crippen LogP contribution in [0.25, 0.3) is 22.3 Å². The summed E-state index contributed by atoms with van der Waals surface area (Å²) in [5.41, 5.74) is 4.80. The van der Waals surface area contributed by atoms with Crippen molar-refractivity contribution in [1.29, 1.82) is 0 Å². The highest BCUT2D eigenvalue weighted by Crippen LogP contribution is 2.19. The molecule has 0 aliphatic carbocycles. The van der Waals surface area contributed by atoms with Crippen molar-refractivity contribution < 1.29 is 4.79 Å². The molecule has 0 aliphatic heterocycles. The molecule has 0 radical (unpaired) electrons. The van der Waals surface area contributed by atoms with Gasteiger partial charge in [0.05, 0.1) is 34.9 Å². The van der Waals surface area contributed by atoms with Crippen LogP contribution in [0.15, 0.2) is 73.2 Å². The number of carbonyl (C=O) groups excluding carboxylic acids is 1. The number of aromatic nitrogens is 3. The van der Waals surface area contributed by atoms with Crippen LogP contribution in [0.5, 0.6) is 0 Å². The predicted octanol–water partition coefficient (Wildman–Crippen LogP) is 3.88. The molecule has 0 atom stereocenters. The van der Waals surface area contributed by atoms with Crippen LogP contribution in [0.3, 0.4) is 0 Å². The second kappa shape index (κ2) is 5.96. The molecule has 4 aromatic rings. The number of carbonyl (C=O) groups is 1. The first-order chi connectivity index (χ1) is 11.8. The van der Waals surface area contributed by atoms with Gasteiger partial charge in [-0.05, 0) is 30.3 Å². The summed E-state index contributed by atoms with van der Waals surface area (Å²) in [6, 6.07) is 19.0. The minimum Gasteiger partial charge on any atom is -0.345 e. The van der Waals surface area contributed by atoms with Crippen molar-refractivity contribution in [3.63, 3.8) is 0 Å². The van der Waals surface area contributed by atoms with E-state index in [-0.39, 0.29) is 5.91 Å². The van der Waals surface area contributed by atoms with E-state index in [0.29, 0.717) is 11.3 Å². The Morgan fingerprint density at radius 1 is 0.958 bits per heavy atom. The lowest BCUT2D eigenvalue weighted by atomic mass is 10.1. The highest BCUT2D eigenvalue weighted by molar-refractivity contribution is 6.05. The molecule has 0 bridgehead atoms. The lowest BCUT2D eigenvalue weighted by molar-refractivity contribution is 0.102. The summed E-state index contributed by atoms with van der Waals surface area (Å²) in [4.78, 5) is 23.9. The molecule has 2 heterocycles. The van der Waals surface area contributed by atoms with Crippen molar-refractivity contribution in [2.75, 3.05) is 5.32 Å². The number of aromatic amines is 1. The van der Waals surface area contributed by atoms with Crippen molar-refractivity contribution in [2.45, 2.75) is 0 Å². The zero-order chi connectivity index (χ0) is 16.4. The summed E-state index contributed by atoms with van der Waals surface area (Å²) in [7, 11) is 0. The monoisotopic (exact) mass is 314 g/mol. The molecular formula is C19H14N4O. The Bertz CT molecular complexity index is 991. The normalized spacial score (nSPS) is 10.7. The molecule has 2 aromatic carbocycles. The van der Waals surface area contributed by atoms with Crippen LogP contribution < -0.4 is 5.32 Å². The Labute approximate surface area is 138 Å². The fraction of sp³-hybridized carbons (Fsp3) is 0. The lowest BCUT2D eigenvalue weighted by Crippen LogP contribution is -2.11. The average molecular weight is 314 g/mol. The fourth-order valence-corrected chi connectivity index (χ4v) is 2.53. The Hall–Kier alpha value is -3.47. The van der Waals surface area contributed by atoms with E-state index in [2.05, 4.69) is 20.3 Å². The number of benzene rings is 2. The zero-order valence-corrected chi connectivity index (χ0v) is 12.7. The predicted molar refractivity (Wildman–Crippen MR) is 93.7 cm³/mol. The number of rotatable bonds is 3. The van der Waals surface area contributed by atoms with E-state index in [1.54, 1.807) is 24.7 Å². The second-order valence-corrected chi connectivity index (χ2v) is 5.39. The molecule has 2 N–H and O–H groups in total. The van der Waals surface area contributed by atoms with Crippen LogP contribution in [-0.4, -0.2) is 20.9 Å². The van der Waals surface area contributed by atoms with E-state index in [9.17, 15) is 4.79 Å². The van der Waals surface area contributed by atoms with Gasteiger partial charge in [0.1, 0.15) is 0 Å². The standard InChI is InChI=1S/C19H14N4O/c24-19(14-6-8-17-18(10-14)22-12-21-17)23-15-7-9-16(20-11-15)13-4-2-1-3-5-13/h1-12H,(H,21,22)(H,23,24). The molecular weight excluding hydrogens is 300 g/mol. The maximum atomic E-state index is 12.4. The van der Waals surface area contributed by atoms with Gasteiger partial charge in [-0.1, -0.05) is 30.3 Å². The molecule has 24 heavy (non-hydrogen) atoms. The smallest absolute Gasteiger partial charge is 0.255 e. The molecule has 0 fully saturated rings. The van der Waals surface area contributed by atoms with Gasteiger partial charge in [-0.25, -0.2) is 4.98 Å². The molecule has 0 unspecified atom stereocenters. The molecule has 0 spiro atoms. The Balaban J connectivity index is 1.53. The molecule has 5 heteroatoms. The molecule has 2 aromatic heterocycles. The van der Waals surface area contributed by atoms with Crippen molar-refractivity contribution in [2.24, 2.45) is 0 Å². The third-order valence-corrected chi connectivity index (χ3v) is 3.77. The number of nitrogens with one attached hydrogen (secondary N) is 2. The van der Waals surface area contributed by atoms with E-state index < -0.39 is 0 Å². The third kappa shape index (κ3) is 2.75. The molecule has 0 saturated carbocycles. The van der Waals surface area contributed by atoms with Gasteiger partial charge >= 0.3 is 0 Å². The second-order valence-electron chi connectivity index (χ2n) is 5.39. The molecule has 0 aliphatic rings. The summed E-state index contributed by atoms with van der Waals surface area (Å²) in [5, 5.41) is 2.86. The Morgan fingerprint density at radius 3 is 2.62 bits per heavy atom. The van der Waals surface area contributed by atoms with Crippen LogP contribution in [-0.2, 0) is 0 Å². The Morgan fingerprint density at radius 2 is 1.83 bits per heavy atom. The number of imidazole rings is 1. The maximum Gasteiger partial charge on any atom is 0.255 e. The van der Waals surface area contributed by atoms with Crippen LogP contribution in [0.4, 0.5) is 5.69 Å². The molecule has 116 valence electrons. The van der Waals surface area contributed by atoms with Crippen LogP contribution in [0.1, 0.15) is 10.4 Å². The number of amides is 1. The van der Waals surface area contributed by atoms with E-state index in [1.807, 2.05) is 48.5 Å². The maximum absolute atomic E-state index is 12.4. The van der Waals surface area contributed by atoms with Gasteiger partial charge in [-0.3, -0.25) is 9.78 Å². The van der Waals surface area contributed by atoms with Crippen molar-refractivity contribution >= 4 is 22.6 Å². The highest BCUT2D eigenvalue weighted by Gasteiger charge is 2.08. The molecule has 0 saturated heterocycles. The number of fused-ring (bicyclic) bond motifs is 1. The molecule has 1 amide bonds. The lowest BCUT2D eigenvalue weighted by Gasteiger charge is -2.06. The minimum atomic E-state index is -0.180. The van der Waals surface area contributed by atoms with Crippen molar-refractivity contribution in [3.05, 3.63) is 78.8 Å². The van der Waals surface area contributed by atoms with Gasteiger partial charge in [-0.2, -0.15) is 0 Å². The quantitative estimate of drug-likeness (QED) is 0.603. The Kier molecular flexibility index (Phi) is 3.51. The van der Waals surface area contributed by atoms with Gasteiger partial charge in [0.25, 0.3) is 5.91 Å². The number of hydrogen-bond acceptors (Lipinski definition) is 3. The van der Waals surface area contributed by atoms with Gasteiger partial charge in [-0.15, -0.1) is 0 Å². The first kappa shape index (κ1) is 14.1. The van der Waals surface area contributed by atoms with Gasteiger partial charge in [0, 0.05) is 11.1 Å². The summed E-state index contributed by atoms with van der Waals surface area (Å²) in [6.45, 7) is 0. The van der Waals surface area contributed by atoms with E-state index >= 15 is 0 Å². The van der Waals surface area contributed by atoms with E-state index in [1.165, 1.54) is 0 Å². The first-order valence-corrected chi connectivity index (χ1v) is 7.55. The van der Waals surface area contributed by atoms with Crippen LogP contribution in [0, 0.1) is 0 Å². The van der Waals surface area contributed by atoms with E-state index in [4.69, 9.17) is 0 Å². The molecule has 5 nitrogen and oxygen atoms in total. The van der Waals surface area contributed by atoms with Crippen LogP contribution in [0.2, 0.25) is 0 Å². The number of anilines is 1. The highest BCUT2D eigenvalue weighted by atomic mass is 16.1. The summed E-state index contributed by atoms with van der Waals surface area (Å²) >= 11 is 0. The van der Waals surface area contributed by atoms with Gasteiger partial charge < -0.3 is 10.3 Å². The largest absolute Gasteiger partial charge is 0.345 e. The molecule has 4 rings (SSSR count). The summed E-state index contributed by atoms with van der Waals surface area (Å²) < 4.78 is 0. The number of hydrogen-bond donors (Lipinski definition) is 2. The van der Waals surface area contributed by atoms with Crippen LogP contribution >= 0.6 is 0 Å². The average Bonchev–Trinajstić information content (AvgIpc) is 3.11. The fourth-order valence-electron chi connectivity index (χ4n) is 2.53.